The van der Waals surface area contributed by atoms with E-state index >= 15 is 0 Å². The number of benzene rings is 6. The number of allylic oxidation sites excluding steroid dienone is 2. The van der Waals surface area contributed by atoms with E-state index < -0.39 is 0 Å². The summed E-state index contributed by atoms with van der Waals surface area (Å²) < 4.78 is 0. The molecule has 1 heterocycles. The number of nitrogens with two attached hydrogens (primary N) is 1. The highest BCUT2D eigenvalue weighted by Gasteiger charge is 2.19. The number of nitrogens with zero attached hydrogens (tertiary/aromatic N) is 2. The van der Waals surface area contributed by atoms with Gasteiger partial charge in [0.1, 0.15) is 0 Å². The van der Waals surface area contributed by atoms with Crippen molar-refractivity contribution in [1.82, 2.24) is 9.97 Å². The van der Waals surface area contributed by atoms with Crippen LogP contribution in [0, 0.1) is 0 Å². The molecule has 0 spiro atoms. The predicted molar refractivity (Wildman–Crippen MR) is 211 cm³/mol. The van der Waals surface area contributed by atoms with Gasteiger partial charge >= 0.3 is 0 Å². The Balaban J connectivity index is 1.37. The Labute approximate surface area is 294 Å². The molecule has 3 heteroatoms. The summed E-state index contributed by atoms with van der Waals surface area (Å²) in [5.41, 5.74) is 20.5. The number of unbranched alkanes of at least 4 members (excludes halogenated alkanes) is 1. The number of hydrogen-bond acceptors (Lipinski definition) is 3. The second-order valence-corrected chi connectivity index (χ2v) is 13.0. The van der Waals surface area contributed by atoms with Crippen LogP contribution < -0.4 is 5.73 Å². The van der Waals surface area contributed by atoms with E-state index in [0.717, 1.165) is 81.7 Å². The highest BCUT2D eigenvalue weighted by Crippen LogP contribution is 2.41. The van der Waals surface area contributed by atoms with Gasteiger partial charge in [-0.3, -0.25) is 0 Å². The third-order valence-corrected chi connectivity index (χ3v) is 9.59. The Morgan fingerprint density at radius 3 is 1.98 bits per heavy atom. The lowest BCUT2D eigenvalue weighted by Gasteiger charge is -2.20. The van der Waals surface area contributed by atoms with E-state index in [2.05, 4.69) is 153 Å². The molecule has 0 saturated carbocycles. The average Bonchev–Trinajstić information content (AvgIpc) is 3.19. The smallest absolute Gasteiger partial charge is 0.160 e. The van der Waals surface area contributed by atoms with Gasteiger partial charge in [-0.15, -0.1) is 0 Å². The second kappa shape index (κ2) is 13.8. The molecule has 0 unspecified atom stereocenters. The first kappa shape index (κ1) is 31.2. The van der Waals surface area contributed by atoms with Gasteiger partial charge in [0.25, 0.3) is 0 Å². The van der Waals surface area contributed by atoms with Crippen molar-refractivity contribution in [2.24, 2.45) is 5.73 Å². The van der Waals surface area contributed by atoms with E-state index in [4.69, 9.17) is 15.7 Å². The van der Waals surface area contributed by atoms with Crippen molar-refractivity contribution in [3.8, 4) is 56.2 Å². The molecule has 1 aliphatic rings. The zero-order chi connectivity index (χ0) is 33.9. The van der Waals surface area contributed by atoms with Crippen LogP contribution in [0.2, 0.25) is 0 Å². The Morgan fingerprint density at radius 2 is 1.28 bits per heavy atom. The third-order valence-electron chi connectivity index (χ3n) is 9.59. The van der Waals surface area contributed by atoms with Crippen LogP contribution in [-0.4, -0.2) is 9.97 Å². The van der Waals surface area contributed by atoms with Crippen molar-refractivity contribution in [1.29, 1.82) is 0 Å². The lowest BCUT2D eigenvalue weighted by atomic mass is 9.84. The molecule has 242 valence electrons. The van der Waals surface area contributed by atoms with Gasteiger partial charge in [-0.1, -0.05) is 147 Å². The molecule has 0 atom stereocenters. The van der Waals surface area contributed by atoms with Gasteiger partial charge in [-0.05, 0) is 93.2 Å². The SMILES string of the molecule is CCC/C=C(\N)c1ccc(-c2cc(-c3nc(-c4ccccc4)cc(-c4ccccc4)n3)cc(-c3c4c(cc5ccccc35)CCC=C4)c2)cc1. The minimum atomic E-state index is 0.696. The van der Waals surface area contributed by atoms with E-state index in [-0.39, 0.29) is 0 Å². The summed E-state index contributed by atoms with van der Waals surface area (Å²) in [6.07, 6.45) is 10.9. The average molecular weight is 646 g/mol. The number of aromatic nitrogens is 2. The van der Waals surface area contributed by atoms with Crippen LogP contribution in [0.15, 0.2) is 152 Å². The van der Waals surface area contributed by atoms with E-state index in [1.54, 1.807) is 0 Å². The van der Waals surface area contributed by atoms with Crippen molar-refractivity contribution < 1.29 is 0 Å². The van der Waals surface area contributed by atoms with Gasteiger partial charge in [0.15, 0.2) is 5.82 Å². The molecule has 0 aliphatic heterocycles. The van der Waals surface area contributed by atoms with Gasteiger partial charge in [0, 0.05) is 22.4 Å². The monoisotopic (exact) mass is 645 g/mol. The van der Waals surface area contributed by atoms with Crippen molar-refractivity contribution in [2.75, 3.05) is 0 Å². The van der Waals surface area contributed by atoms with Crippen LogP contribution in [0.25, 0.3) is 78.7 Å². The quantitative estimate of drug-likeness (QED) is 0.179. The van der Waals surface area contributed by atoms with Crippen molar-refractivity contribution in [2.45, 2.75) is 32.6 Å². The van der Waals surface area contributed by atoms with E-state index in [9.17, 15) is 0 Å². The fraction of sp³-hybridized carbons (Fsp3) is 0.106. The van der Waals surface area contributed by atoms with E-state index in [1.807, 2.05) is 12.1 Å². The molecule has 1 aromatic heterocycles. The lowest BCUT2D eigenvalue weighted by molar-refractivity contribution is 0.958. The van der Waals surface area contributed by atoms with Gasteiger partial charge in [-0.2, -0.15) is 0 Å². The summed E-state index contributed by atoms with van der Waals surface area (Å²) in [7, 11) is 0. The Morgan fingerprint density at radius 1 is 0.640 bits per heavy atom. The van der Waals surface area contributed by atoms with Crippen LogP contribution in [-0.2, 0) is 6.42 Å². The maximum absolute atomic E-state index is 6.45. The van der Waals surface area contributed by atoms with Gasteiger partial charge in [0.2, 0.25) is 0 Å². The molecule has 0 radical (unpaired) electrons. The predicted octanol–water partition coefficient (Wildman–Crippen LogP) is 12.0. The molecule has 3 nitrogen and oxygen atoms in total. The maximum Gasteiger partial charge on any atom is 0.160 e. The zero-order valence-corrected chi connectivity index (χ0v) is 28.3. The molecular weight excluding hydrogens is 607 g/mol. The minimum Gasteiger partial charge on any atom is -0.399 e. The number of aryl methyl sites for hydroxylation is 1. The molecule has 0 saturated heterocycles. The molecule has 1 aliphatic carbocycles. The minimum absolute atomic E-state index is 0.696. The first-order chi connectivity index (χ1) is 24.6. The second-order valence-electron chi connectivity index (χ2n) is 13.0. The first-order valence-electron chi connectivity index (χ1n) is 17.6. The molecule has 0 fully saturated rings. The molecule has 2 N–H and O–H groups in total. The summed E-state index contributed by atoms with van der Waals surface area (Å²) >= 11 is 0. The highest BCUT2D eigenvalue weighted by molar-refractivity contribution is 6.03. The van der Waals surface area contributed by atoms with Crippen molar-refractivity contribution >= 4 is 22.5 Å². The van der Waals surface area contributed by atoms with Gasteiger partial charge in [0.05, 0.1) is 11.4 Å². The van der Waals surface area contributed by atoms with Crippen LogP contribution >= 0.6 is 0 Å². The Bertz CT molecular complexity index is 2310. The molecular formula is C47H39N3. The lowest BCUT2D eigenvalue weighted by Crippen LogP contribution is -2.00. The van der Waals surface area contributed by atoms with Crippen molar-refractivity contribution in [3.63, 3.8) is 0 Å². The van der Waals surface area contributed by atoms with Crippen LogP contribution in [0.5, 0.6) is 0 Å². The van der Waals surface area contributed by atoms with Crippen LogP contribution in [0.3, 0.4) is 0 Å². The molecule has 50 heavy (non-hydrogen) atoms. The molecule has 7 aromatic rings. The summed E-state index contributed by atoms with van der Waals surface area (Å²) in [5, 5.41) is 2.50. The highest BCUT2D eigenvalue weighted by atomic mass is 14.9. The van der Waals surface area contributed by atoms with E-state index in [1.165, 1.54) is 27.5 Å². The standard InChI is InChI=1S/C47H39N3/c1-2-3-22-43(48)33-25-23-32(24-26-33)38-28-39(46-41-20-12-10-18-36(41)27-37-19-11-13-21-42(37)46)30-40(29-38)47-49-44(34-14-6-4-7-15-34)31-45(50-47)35-16-8-5-9-17-35/h4-10,12-18,20-31H,2-3,11,19,48H2,1H3/b43-22-. The number of rotatable bonds is 8. The summed E-state index contributed by atoms with van der Waals surface area (Å²) in [6.45, 7) is 2.17. The number of fused-ring (bicyclic) bond motifs is 2. The van der Waals surface area contributed by atoms with Gasteiger partial charge in [-0.25, -0.2) is 9.97 Å². The molecule has 6 aromatic carbocycles. The number of hydrogen-bond donors (Lipinski definition) is 1. The van der Waals surface area contributed by atoms with Gasteiger partial charge < -0.3 is 5.73 Å². The fourth-order valence-electron chi connectivity index (χ4n) is 7.00. The topological polar surface area (TPSA) is 51.8 Å². The van der Waals surface area contributed by atoms with Crippen molar-refractivity contribution in [3.05, 3.63) is 168 Å². The zero-order valence-electron chi connectivity index (χ0n) is 28.3. The summed E-state index contributed by atoms with van der Waals surface area (Å²) in [6, 6.07) is 49.5. The molecule has 8 rings (SSSR count). The summed E-state index contributed by atoms with van der Waals surface area (Å²) in [4.78, 5) is 10.5. The Hall–Kier alpha value is -6.06. The summed E-state index contributed by atoms with van der Waals surface area (Å²) in [5.74, 6) is 0.696. The maximum atomic E-state index is 6.45. The largest absolute Gasteiger partial charge is 0.399 e. The van der Waals surface area contributed by atoms with Crippen LogP contribution in [0.4, 0.5) is 0 Å². The first-order valence-corrected chi connectivity index (χ1v) is 17.6. The van der Waals surface area contributed by atoms with E-state index in [0.29, 0.717) is 5.82 Å². The molecule has 0 amide bonds. The normalized spacial score (nSPS) is 12.6. The third kappa shape index (κ3) is 6.26. The molecule has 0 bridgehead atoms. The fourth-order valence-corrected chi connectivity index (χ4v) is 7.00. The Kier molecular flexibility index (Phi) is 8.63. The van der Waals surface area contributed by atoms with Crippen LogP contribution in [0.1, 0.15) is 42.9 Å².